The van der Waals surface area contributed by atoms with Gasteiger partial charge in [-0.25, -0.2) is 0 Å². The van der Waals surface area contributed by atoms with E-state index in [-0.39, 0.29) is 17.9 Å². The Bertz CT molecular complexity index is 1340. The highest BCUT2D eigenvalue weighted by Gasteiger charge is 2.09. The van der Waals surface area contributed by atoms with E-state index in [9.17, 15) is 9.59 Å². The molecular formula is C24H21N3O3S. The zero-order valence-corrected chi connectivity index (χ0v) is 17.7. The summed E-state index contributed by atoms with van der Waals surface area (Å²) in [6, 6.07) is 22.1. The van der Waals surface area contributed by atoms with Gasteiger partial charge in [-0.05, 0) is 59.7 Å². The summed E-state index contributed by atoms with van der Waals surface area (Å²) in [7, 11) is 1.62. The number of H-pyrrole nitrogens is 1. The van der Waals surface area contributed by atoms with Crippen molar-refractivity contribution in [3.8, 4) is 11.4 Å². The van der Waals surface area contributed by atoms with Crippen LogP contribution >= 0.6 is 12.2 Å². The second kappa shape index (κ2) is 8.97. The van der Waals surface area contributed by atoms with Crippen molar-refractivity contribution in [2.75, 3.05) is 7.11 Å². The number of ether oxygens (including phenoxy) is 1. The number of nitrogens with one attached hydrogen (secondary N) is 2. The fourth-order valence-corrected chi connectivity index (χ4v) is 3.65. The van der Waals surface area contributed by atoms with Gasteiger partial charge in [0, 0.05) is 6.54 Å². The van der Waals surface area contributed by atoms with E-state index in [1.807, 2.05) is 54.6 Å². The van der Waals surface area contributed by atoms with Gasteiger partial charge in [0.15, 0.2) is 4.77 Å². The number of rotatable bonds is 6. The maximum Gasteiger partial charge on any atom is 0.266 e. The van der Waals surface area contributed by atoms with Gasteiger partial charge in [-0.3, -0.25) is 14.2 Å². The third-order valence-corrected chi connectivity index (χ3v) is 5.30. The van der Waals surface area contributed by atoms with Gasteiger partial charge in [-0.1, -0.05) is 36.4 Å². The molecule has 0 atom stereocenters. The average Bonchev–Trinajstić information content (AvgIpc) is 2.79. The number of hydrogen-bond acceptors (Lipinski definition) is 4. The van der Waals surface area contributed by atoms with Crippen LogP contribution in [0.25, 0.3) is 16.6 Å². The third kappa shape index (κ3) is 4.57. The molecule has 0 unspecified atom stereocenters. The first-order valence-corrected chi connectivity index (χ1v) is 10.2. The van der Waals surface area contributed by atoms with Crippen LogP contribution in [-0.2, 0) is 17.8 Å². The van der Waals surface area contributed by atoms with E-state index in [0.717, 1.165) is 16.9 Å². The Morgan fingerprint density at radius 1 is 1.00 bits per heavy atom. The highest BCUT2D eigenvalue weighted by Crippen LogP contribution is 2.13. The summed E-state index contributed by atoms with van der Waals surface area (Å²) in [5.41, 5.74) is 3.02. The van der Waals surface area contributed by atoms with Crippen molar-refractivity contribution in [1.29, 1.82) is 0 Å². The minimum atomic E-state index is -0.177. The molecule has 0 bridgehead atoms. The molecule has 1 heterocycles. The van der Waals surface area contributed by atoms with Crippen LogP contribution in [0, 0.1) is 4.77 Å². The predicted octanol–water partition coefficient (Wildman–Crippen LogP) is 3.92. The maximum atomic E-state index is 12.9. The minimum Gasteiger partial charge on any atom is -0.497 e. The van der Waals surface area contributed by atoms with Crippen molar-refractivity contribution in [1.82, 2.24) is 14.9 Å². The molecule has 3 aromatic carbocycles. The largest absolute Gasteiger partial charge is 0.497 e. The Morgan fingerprint density at radius 2 is 1.68 bits per heavy atom. The molecule has 0 aliphatic heterocycles. The SMILES string of the molecule is COc1ccc(CNC(=O)Cc2ccc(-n3c(=S)[nH]c4ccccc4c3=O)cc2)cc1. The molecule has 4 rings (SSSR count). The van der Waals surface area contributed by atoms with E-state index < -0.39 is 0 Å². The molecule has 0 aliphatic rings. The second-order valence-electron chi connectivity index (χ2n) is 7.08. The summed E-state index contributed by atoms with van der Waals surface area (Å²) in [5.74, 6) is 0.698. The van der Waals surface area contributed by atoms with Crippen molar-refractivity contribution >= 4 is 29.0 Å². The van der Waals surface area contributed by atoms with Crippen molar-refractivity contribution < 1.29 is 9.53 Å². The van der Waals surface area contributed by atoms with Crippen LogP contribution in [0.4, 0.5) is 0 Å². The Hall–Kier alpha value is -3.71. The van der Waals surface area contributed by atoms with Crippen molar-refractivity contribution in [2.45, 2.75) is 13.0 Å². The smallest absolute Gasteiger partial charge is 0.266 e. The number of carbonyl (C=O) groups is 1. The lowest BCUT2D eigenvalue weighted by Gasteiger charge is -2.10. The summed E-state index contributed by atoms with van der Waals surface area (Å²) in [4.78, 5) is 28.3. The number of para-hydroxylation sites is 1. The molecule has 1 amide bonds. The molecule has 0 aliphatic carbocycles. The number of benzene rings is 3. The van der Waals surface area contributed by atoms with Crippen LogP contribution in [0.5, 0.6) is 5.75 Å². The summed E-state index contributed by atoms with van der Waals surface area (Å²) < 4.78 is 6.93. The highest BCUT2D eigenvalue weighted by molar-refractivity contribution is 7.71. The lowest BCUT2D eigenvalue weighted by Crippen LogP contribution is -2.24. The van der Waals surface area contributed by atoms with Crippen LogP contribution < -0.4 is 15.6 Å². The van der Waals surface area contributed by atoms with E-state index in [0.29, 0.717) is 27.9 Å². The first kappa shape index (κ1) is 20.6. The monoisotopic (exact) mass is 431 g/mol. The number of aromatic amines is 1. The fourth-order valence-electron chi connectivity index (χ4n) is 3.35. The maximum absolute atomic E-state index is 12.9. The Labute approximate surface area is 184 Å². The standard InChI is InChI=1S/C24H21N3O3S/c1-30-19-12-8-17(9-13-19)15-25-22(28)14-16-6-10-18(11-7-16)27-23(29)20-4-2-3-5-21(20)26-24(27)31/h2-13H,14-15H2,1H3,(H,25,28)(H,26,31). The molecular weight excluding hydrogens is 410 g/mol. The fraction of sp³-hybridized carbons (Fsp3) is 0.125. The van der Waals surface area contributed by atoms with Gasteiger partial charge in [0.1, 0.15) is 5.75 Å². The van der Waals surface area contributed by atoms with Crippen LogP contribution in [0.15, 0.2) is 77.6 Å². The van der Waals surface area contributed by atoms with Gasteiger partial charge in [-0.2, -0.15) is 0 Å². The van der Waals surface area contributed by atoms with Gasteiger partial charge >= 0.3 is 0 Å². The minimum absolute atomic E-state index is 0.0799. The van der Waals surface area contributed by atoms with Crippen molar-refractivity contribution in [2.24, 2.45) is 0 Å². The summed E-state index contributed by atoms with van der Waals surface area (Å²) >= 11 is 5.38. The van der Waals surface area contributed by atoms with Crippen LogP contribution in [0.3, 0.4) is 0 Å². The van der Waals surface area contributed by atoms with Crippen LogP contribution in [-0.4, -0.2) is 22.6 Å². The highest BCUT2D eigenvalue weighted by atomic mass is 32.1. The van der Waals surface area contributed by atoms with E-state index in [4.69, 9.17) is 17.0 Å². The number of nitrogens with zero attached hydrogens (tertiary/aromatic N) is 1. The number of carbonyl (C=O) groups excluding carboxylic acids is 1. The number of hydrogen-bond donors (Lipinski definition) is 2. The zero-order chi connectivity index (χ0) is 21.8. The molecule has 0 saturated carbocycles. The van der Waals surface area contributed by atoms with Gasteiger partial charge in [-0.15, -0.1) is 0 Å². The lowest BCUT2D eigenvalue weighted by molar-refractivity contribution is -0.120. The number of fused-ring (bicyclic) bond motifs is 1. The molecule has 6 nitrogen and oxygen atoms in total. The molecule has 1 aromatic heterocycles. The first-order valence-electron chi connectivity index (χ1n) is 9.78. The number of aromatic nitrogens is 2. The average molecular weight is 432 g/mol. The molecule has 31 heavy (non-hydrogen) atoms. The summed E-state index contributed by atoms with van der Waals surface area (Å²) in [6.45, 7) is 0.447. The molecule has 0 radical (unpaired) electrons. The lowest BCUT2D eigenvalue weighted by atomic mass is 10.1. The normalized spacial score (nSPS) is 10.7. The van der Waals surface area contributed by atoms with E-state index in [1.54, 1.807) is 25.3 Å². The number of amides is 1. The first-order chi connectivity index (χ1) is 15.0. The third-order valence-electron chi connectivity index (χ3n) is 5.01. The van der Waals surface area contributed by atoms with Crippen LogP contribution in [0.1, 0.15) is 11.1 Å². The molecule has 2 N–H and O–H groups in total. The summed E-state index contributed by atoms with van der Waals surface area (Å²) in [6.07, 6.45) is 0.246. The Morgan fingerprint density at radius 3 is 2.39 bits per heavy atom. The molecule has 0 spiro atoms. The molecule has 0 saturated heterocycles. The predicted molar refractivity (Wildman–Crippen MR) is 123 cm³/mol. The van der Waals surface area contributed by atoms with E-state index in [2.05, 4.69) is 10.3 Å². The molecule has 0 fully saturated rings. The van der Waals surface area contributed by atoms with Crippen molar-refractivity contribution in [3.63, 3.8) is 0 Å². The Balaban J connectivity index is 1.46. The second-order valence-corrected chi connectivity index (χ2v) is 7.47. The molecule has 156 valence electrons. The van der Waals surface area contributed by atoms with Gasteiger partial charge < -0.3 is 15.0 Å². The van der Waals surface area contributed by atoms with Crippen molar-refractivity contribution in [3.05, 3.63) is 99.0 Å². The van der Waals surface area contributed by atoms with Gasteiger partial charge in [0.2, 0.25) is 5.91 Å². The topological polar surface area (TPSA) is 76.1 Å². The number of methoxy groups -OCH3 is 1. The van der Waals surface area contributed by atoms with Crippen LogP contribution in [0.2, 0.25) is 0 Å². The van der Waals surface area contributed by atoms with Gasteiger partial charge in [0.05, 0.1) is 30.1 Å². The van der Waals surface area contributed by atoms with Gasteiger partial charge in [0.25, 0.3) is 5.56 Å². The van der Waals surface area contributed by atoms with E-state index >= 15 is 0 Å². The van der Waals surface area contributed by atoms with E-state index in [1.165, 1.54) is 4.57 Å². The zero-order valence-electron chi connectivity index (χ0n) is 16.9. The summed E-state index contributed by atoms with van der Waals surface area (Å²) in [5, 5.41) is 3.48. The molecule has 7 heteroatoms. The molecule has 4 aromatic rings. The quantitative estimate of drug-likeness (QED) is 0.454. The Kier molecular flexibility index (Phi) is 5.95.